The van der Waals surface area contributed by atoms with E-state index in [4.69, 9.17) is 34.8 Å². The molecule has 2 N–H and O–H groups in total. The zero-order chi connectivity index (χ0) is 15.4. The van der Waals surface area contributed by atoms with Crippen LogP contribution in [0.4, 0.5) is 5.69 Å². The highest BCUT2D eigenvalue weighted by Crippen LogP contribution is 2.32. The quantitative estimate of drug-likeness (QED) is 0.817. The van der Waals surface area contributed by atoms with E-state index < -0.39 is 0 Å². The Bertz CT molecular complexity index is 525. The third-order valence-electron chi connectivity index (χ3n) is 3.59. The lowest BCUT2D eigenvalue weighted by Gasteiger charge is -2.33. The van der Waals surface area contributed by atoms with E-state index in [1.54, 1.807) is 0 Å². The van der Waals surface area contributed by atoms with Crippen molar-refractivity contribution < 1.29 is 9.90 Å². The number of nitrogens with zero attached hydrogens (tertiary/aromatic N) is 1. The molecule has 1 aliphatic rings. The molecule has 1 aliphatic heterocycles. The highest BCUT2D eigenvalue weighted by Gasteiger charge is 2.23. The van der Waals surface area contributed by atoms with Gasteiger partial charge in [0.1, 0.15) is 0 Å². The molecule has 0 bridgehead atoms. The number of carbonyl (C=O) groups excluding carboxylic acids is 1. The maximum Gasteiger partial charge on any atom is 0.238 e. The summed E-state index contributed by atoms with van der Waals surface area (Å²) in [6, 6.07) is 3.08. The molecule has 1 unspecified atom stereocenters. The monoisotopic (exact) mass is 350 g/mol. The summed E-state index contributed by atoms with van der Waals surface area (Å²) in [5, 5.41) is 13.1. The van der Waals surface area contributed by atoms with Gasteiger partial charge in [0.05, 0.1) is 33.9 Å². The second-order valence-corrected chi connectivity index (χ2v) is 6.32. The number of likely N-dealkylation sites (tertiary alicyclic amines) is 1. The van der Waals surface area contributed by atoms with Crippen molar-refractivity contribution in [2.45, 2.75) is 25.3 Å². The van der Waals surface area contributed by atoms with Crippen LogP contribution in [0.15, 0.2) is 12.1 Å². The molecule has 1 saturated heterocycles. The van der Waals surface area contributed by atoms with Crippen LogP contribution in [0.5, 0.6) is 0 Å². The van der Waals surface area contributed by atoms with Gasteiger partial charge < -0.3 is 10.4 Å². The molecule has 116 valence electrons. The molecule has 1 fully saturated rings. The van der Waals surface area contributed by atoms with Gasteiger partial charge in [0, 0.05) is 6.04 Å². The number of piperidine rings is 1. The Balaban J connectivity index is 2.00. The first-order valence-corrected chi connectivity index (χ1v) is 7.94. The minimum Gasteiger partial charge on any atom is -0.395 e. The van der Waals surface area contributed by atoms with Crippen molar-refractivity contribution >= 4 is 46.4 Å². The van der Waals surface area contributed by atoms with Gasteiger partial charge in [0.2, 0.25) is 5.91 Å². The van der Waals surface area contributed by atoms with Crippen LogP contribution in [0.25, 0.3) is 0 Å². The van der Waals surface area contributed by atoms with Gasteiger partial charge in [-0.2, -0.15) is 0 Å². The SMILES string of the molecule is O=C(CN1CCCCC1CO)Nc1cc(Cl)c(Cl)cc1Cl. The van der Waals surface area contributed by atoms with Gasteiger partial charge in [-0.15, -0.1) is 0 Å². The van der Waals surface area contributed by atoms with E-state index in [1.807, 2.05) is 4.90 Å². The summed E-state index contributed by atoms with van der Waals surface area (Å²) in [4.78, 5) is 14.1. The Morgan fingerprint density at radius 1 is 1.24 bits per heavy atom. The number of benzene rings is 1. The van der Waals surface area contributed by atoms with Crippen LogP contribution in [-0.2, 0) is 4.79 Å². The first-order valence-electron chi connectivity index (χ1n) is 6.80. The number of rotatable bonds is 4. The Labute approximate surface area is 139 Å². The number of anilines is 1. The highest BCUT2D eigenvalue weighted by atomic mass is 35.5. The zero-order valence-electron chi connectivity index (χ0n) is 11.4. The number of aliphatic hydroxyl groups excluding tert-OH is 1. The average Bonchev–Trinajstić information content (AvgIpc) is 2.45. The second-order valence-electron chi connectivity index (χ2n) is 5.10. The molecular formula is C14H17Cl3N2O2. The predicted octanol–water partition coefficient (Wildman–Crippen LogP) is 3.43. The van der Waals surface area contributed by atoms with Gasteiger partial charge in [-0.1, -0.05) is 41.2 Å². The lowest BCUT2D eigenvalue weighted by atomic mass is 10.0. The Kier molecular flexibility index (Phi) is 6.14. The smallest absolute Gasteiger partial charge is 0.238 e. The normalized spacial score (nSPS) is 19.5. The number of hydrogen-bond acceptors (Lipinski definition) is 3. The molecule has 0 aromatic heterocycles. The Morgan fingerprint density at radius 3 is 2.67 bits per heavy atom. The topological polar surface area (TPSA) is 52.6 Å². The van der Waals surface area contributed by atoms with Gasteiger partial charge in [0.25, 0.3) is 0 Å². The van der Waals surface area contributed by atoms with Crippen LogP contribution in [0.1, 0.15) is 19.3 Å². The molecule has 2 rings (SSSR count). The summed E-state index contributed by atoms with van der Waals surface area (Å²) < 4.78 is 0. The fourth-order valence-corrected chi connectivity index (χ4v) is 3.06. The van der Waals surface area contributed by atoms with Crippen molar-refractivity contribution in [2.24, 2.45) is 0 Å². The largest absolute Gasteiger partial charge is 0.395 e. The highest BCUT2D eigenvalue weighted by molar-refractivity contribution is 6.44. The zero-order valence-corrected chi connectivity index (χ0v) is 13.7. The van der Waals surface area contributed by atoms with Crippen LogP contribution in [-0.4, -0.2) is 41.7 Å². The molecule has 0 aliphatic carbocycles. The fourth-order valence-electron chi connectivity index (χ4n) is 2.47. The molecule has 0 saturated carbocycles. The summed E-state index contributed by atoms with van der Waals surface area (Å²) in [6.45, 7) is 1.11. The van der Waals surface area contributed by atoms with E-state index in [0.717, 1.165) is 25.8 Å². The number of nitrogens with one attached hydrogen (secondary N) is 1. The van der Waals surface area contributed by atoms with Gasteiger partial charge in [-0.3, -0.25) is 9.69 Å². The fraction of sp³-hybridized carbons (Fsp3) is 0.500. The van der Waals surface area contributed by atoms with E-state index in [2.05, 4.69) is 5.32 Å². The maximum atomic E-state index is 12.1. The molecule has 0 radical (unpaired) electrons. The van der Waals surface area contributed by atoms with Gasteiger partial charge >= 0.3 is 0 Å². The van der Waals surface area contributed by atoms with Crippen molar-refractivity contribution in [3.05, 3.63) is 27.2 Å². The molecule has 1 aromatic carbocycles. The molecule has 4 nitrogen and oxygen atoms in total. The van der Waals surface area contributed by atoms with Crippen LogP contribution >= 0.6 is 34.8 Å². The van der Waals surface area contributed by atoms with Gasteiger partial charge in [-0.05, 0) is 31.5 Å². The van der Waals surface area contributed by atoms with E-state index in [0.29, 0.717) is 20.8 Å². The number of amides is 1. The molecule has 1 aromatic rings. The summed E-state index contributed by atoms with van der Waals surface area (Å²) in [7, 11) is 0. The third kappa shape index (κ3) is 4.47. The predicted molar refractivity (Wildman–Crippen MR) is 86.4 cm³/mol. The summed E-state index contributed by atoms with van der Waals surface area (Å²) in [6.07, 6.45) is 3.04. The van der Waals surface area contributed by atoms with Gasteiger partial charge in [-0.25, -0.2) is 0 Å². The first-order chi connectivity index (χ1) is 10.0. The lowest BCUT2D eigenvalue weighted by Crippen LogP contribution is -2.45. The third-order valence-corrected chi connectivity index (χ3v) is 4.63. The standard InChI is InChI=1S/C14H17Cl3N2O2/c15-10-5-12(17)13(6-11(10)16)18-14(21)7-19-4-2-1-3-9(19)8-20/h5-6,9,20H,1-4,7-8H2,(H,18,21). The summed E-state index contributed by atoms with van der Waals surface area (Å²) in [5.74, 6) is -0.185. The van der Waals surface area contributed by atoms with Gasteiger partial charge in [0.15, 0.2) is 0 Å². The molecule has 1 atom stereocenters. The van der Waals surface area contributed by atoms with E-state index in [1.165, 1.54) is 12.1 Å². The van der Waals surface area contributed by atoms with Crippen LogP contribution in [0.2, 0.25) is 15.1 Å². The van der Waals surface area contributed by atoms with Crippen molar-refractivity contribution in [3.8, 4) is 0 Å². The molecule has 1 amide bonds. The van der Waals surface area contributed by atoms with Crippen molar-refractivity contribution in [2.75, 3.05) is 25.0 Å². The van der Waals surface area contributed by atoms with Crippen molar-refractivity contribution in [1.29, 1.82) is 0 Å². The minimum absolute atomic E-state index is 0.0498. The van der Waals surface area contributed by atoms with Crippen LogP contribution in [0.3, 0.4) is 0 Å². The molecule has 7 heteroatoms. The summed E-state index contributed by atoms with van der Waals surface area (Å²) >= 11 is 17.8. The lowest BCUT2D eigenvalue weighted by molar-refractivity contribution is -0.118. The molecule has 21 heavy (non-hydrogen) atoms. The van der Waals surface area contributed by atoms with Crippen molar-refractivity contribution in [3.63, 3.8) is 0 Å². The second kappa shape index (κ2) is 7.65. The molecule has 1 heterocycles. The van der Waals surface area contributed by atoms with E-state index >= 15 is 0 Å². The summed E-state index contributed by atoms with van der Waals surface area (Å²) in [5.41, 5.74) is 0.439. The number of carbonyl (C=O) groups is 1. The van der Waals surface area contributed by atoms with Crippen molar-refractivity contribution in [1.82, 2.24) is 4.90 Å². The van der Waals surface area contributed by atoms with Crippen LogP contribution < -0.4 is 5.32 Å². The van der Waals surface area contributed by atoms with E-state index in [-0.39, 0.29) is 25.1 Å². The average molecular weight is 352 g/mol. The maximum absolute atomic E-state index is 12.1. The minimum atomic E-state index is -0.185. The number of aliphatic hydroxyl groups is 1. The number of hydrogen-bond donors (Lipinski definition) is 2. The first kappa shape index (κ1) is 16.8. The molecular weight excluding hydrogens is 335 g/mol. The van der Waals surface area contributed by atoms with Crippen LogP contribution in [0, 0.1) is 0 Å². The number of halogens is 3. The Hall–Kier alpha value is -0.520. The Morgan fingerprint density at radius 2 is 1.95 bits per heavy atom. The van der Waals surface area contributed by atoms with E-state index in [9.17, 15) is 9.90 Å². The molecule has 0 spiro atoms.